The molecule has 1 amide bonds. The molecule has 4 heteroatoms. The van der Waals surface area contributed by atoms with Crippen LogP contribution >= 0.6 is 0 Å². The molecule has 0 bridgehead atoms. The van der Waals surface area contributed by atoms with Gasteiger partial charge in [-0.1, -0.05) is 6.92 Å². The average Bonchev–Trinajstić information content (AvgIpc) is 3.09. The fraction of sp³-hybridized carbons (Fsp3) is 0.929. The molecular formula is C14H27N3O. The molecule has 4 nitrogen and oxygen atoms in total. The zero-order valence-corrected chi connectivity index (χ0v) is 11.9. The van der Waals surface area contributed by atoms with Gasteiger partial charge in [0.2, 0.25) is 5.91 Å². The van der Waals surface area contributed by atoms with Crippen molar-refractivity contribution in [2.75, 3.05) is 20.1 Å². The third-order valence-electron chi connectivity index (χ3n) is 4.31. The highest BCUT2D eigenvalue weighted by Gasteiger charge is 2.28. The van der Waals surface area contributed by atoms with Crippen molar-refractivity contribution in [3.8, 4) is 0 Å². The second kappa shape index (κ2) is 6.02. The Bertz CT molecular complexity index is 291. The van der Waals surface area contributed by atoms with Gasteiger partial charge in [0.1, 0.15) is 0 Å². The van der Waals surface area contributed by atoms with E-state index >= 15 is 0 Å². The van der Waals surface area contributed by atoms with Gasteiger partial charge in [-0.2, -0.15) is 0 Å². The topological polar surface area (TPSA) is 44.4 Å². The molecule has 1 aliphatic carbocycles. The normalized spacial score (nSPS) is 33.4. The summed E-state index contributed by atoms with van der Waals surface area (Å²) >= 11 is 0. The molecule has 2 fully saturated rings. The Morgan fingerprint density at radius 3 is 2.72 bits per heavy atom. The fourth-order valence-electron chi connectivity index (χ4n) is 2.72. The minimum Gasteiger partial charge on any atom is -0.353 e. The summed E-state index contributed by atoms with van der Waals surface area (Å²) in [5.74, 6) is 0.872. The van der Waals surface area contributed by atoms with Gasteiger partial charge in [-0.25, -0.2) is 0 Å². The number of amides is 1. The van der Waals surface area contributed by atoms with E-state index in [-0.39, 0.29) is 5.91 Å². The number of carbonyl (C=O) groups is 1. The molecule has 0 aromatic carbocycles. The molecule has 1 saturated heterocycles. The van der Waals surface area contributed by atoms with Crippen LogP contribution in [0.3, 0.4) is 0 Å². The van der Waals surface area contributed by atoms with Crippen molar-refractivity contribution in [3.63, 3.8) is 0 Å². The predicted octanol–water partition coefficient (Wildman–Crippen LogP) is 0.973. The van der Waals surface area contributed by atoms with E-state index in [0.717, 1.165) is 13.1 Å². The van der Waals surface area contributed by atoms with Crippen LogP contribution in [0.5, 0.6) is 0 Å². The van der Waals surface area contributed by atoms with Gasteiger partial charge in [-0.05, 0) is 39.2 Å². The van der Waals surface area contributed by atoms with E-state index in [0.29, 0.717) is 30.5 Å². The number of nitrogens with one attached hydrogen (secondary N) is 2. The van der Waals surface area contributed by atoms with E-state index in [1.165, 1.54) is 19.3 Å². The number of likely N-dealkylation sites (tertiary alicyclic amines) is 1. The smallest absolute Gasteiger partial charge is 0.221 e. The second-order valence-electron chi connectivity index (χ2n) is 6.15. The number of hydrogen-bond acceptors (Lipinski definition) is 3. The van der Waals surface area contributed by atoms with Crippen LogP contribution in [0, 0.1) is 5.92 Å². The summed E-state index contributed by atoms with van der Waals surface area (Å²) in [6.07, 6.45) is 4.14. The van der Waals surface area contributed by atoms with Crippen molar-refractivity contribution >= 4 is 5.91 Å². The summed E-state index contributed by atoms with van der Waals surface area (Å²) in [6, 6.07) is 1.68. The Balaban J connectivity index is 1.64. The lowest BCUT2D eigenvalue weighted by Gasteiger charge is -2.40. The largest absolute Gasteiger partial charge is 0.353 e. The zero-order chi connectivity index (χ0) is 13.1. The molecule has 0 aromatic rings. The van der Waals surface area contributed by atoms with Crippen LogP contribution in [0.2, 0.25) is 0 Å². The maximum absolute atomic E-state index is 11.6. The van der Waals surface area contributed by atoms with E-state index in [2.05, 4.69) is 36.4 Å². The Hall–Kier alpha value is -0.610. The zero-order valence-electron chi connectivity index (χ0n) is 11.9. The number of nitrogens with zero attached hydrogens (tertiary/aromatic N) is 1. The third kappa shape index (κ3) is 3.95. The minimum atomic E-state index is 0.207. The van der Waals surface area contributed by atoms with Crippen LogP contribution in [0.4, 0.5) is 0 Å². The maximum atomic E-state index is 11.6. The highest BCUT2D eigenvalue weighted by atomic mass is 16.1. The van der Waals surface area contributed by atoms with Gasteiger partial charge in [-0.15, -0.1) is 0 Å². The molecule has 0 aromatic heterocycles. The molecule has 0 spiro atoms. The first-order valence-electron chi connectivity index (χ1n) is 7.29. The molecular weight excluding hydrogens is 226 g/mol. The average molecular weight is 253 g/mol. The molecule has 2 aliphatic rings. The van der Waals surface area contributed by atoms with Crippen molar-refractivity contribution in [3.05, 3.63) is 0 Å². The summed E-state index contributed by atoms with van der Waals surface area (Å²) in [4.78, 5) is 14.0. The molecule has 2 N–H and O–H groups in total. The van der Waals surface area contributed by atoms with E-state index < -0.39 is 0 Å². The lowest BCUT2D eigenvalue weighted by molar-refractivity contribution is -0.121. The van der Waals surface area contributed by atoms with Crippen molar-refractivity contribution in [1.29, 1.82) is 0 Å². The number of carbonyl (C=O) groups excluding carboxylic acids is 1. The molecule has 1 aliphatic heterocycles. The van der Waals surface area contributed by atoms with E-state index in [1.807, 2.05) is 0 Å². The van der Waals surface area contributed by atoms with Crippen LogP contribution in [0.15, 0.2) is 0 Å². The van der Waals surface area contributed by atoms with E-state index in [9.17, 15) is 4.79 Å². The van der Waals surface area contributed by atoms with Gasteiger partial charge in [0, 0.05) is 37.6 Å². The first-order chi connectivity index (χ1) is 8.56. The third-order valence-corrected chi connectivity index (χ3v) is 4.31. The van der Waals surface area contributed by atoms with Crippen molar-refractivity contribution in [1.82, 2.24) is 15.5 Å². The highest BCUT2D eigenvalue weighted by molar-refractivity contribution is 5.76. The summed E-state index contributed by atoms with van der Waals surface area (Å²) in [7, 11) is 2.19. The summed E-state index contributed by atoms with van der Waals surface area (Å²) in [5.41, 5.74) is 0. The Morgan fingerprint density at radius 2 is 2.06 bits per heavy atom. The van der Waals surface area contributed by atoms with Gasteiger partial charge < -0.3 is 15.5 Å². The molecule has 104 valence electrons. The number of rotatable bonds is 5. The minimum absolute atomic E-state index is 0.207. The van der Waals surface area contributed by atoms with Gasteiger partial charge in [-0.3, -0.25) is 4.79 Å². The molecule has 2 rings (SSSR count). The standard InChI is InChI=1S/C14H27N3O/c1-10-9-17(3)11(2)8-13(10)15-7-6-14(18)16-12-4-5-12/h10-13,15H,4-9H2,1-3H3,(H,16,18). The summed E-state index contributed by atoms with van der Waals surface area (Å²) in [6.45, 7) is 6.53. The number of piperidine rings is 1. The van der Waals surface area contributed by atoms with Gasteiger partial charge in [0.25, 0.3) is 0 Å². The van der Waals surface area contributed by atoms with Gasteiger partial charge in [0.05, 0.1) is 0 Å². The lowest BCUT2D eigenvalue weighted by atomic mass is 9.90. The molecule has 0 radical (unpaired) electrons. The van der Waals surface area contributed by atoms with Gasteiger partial charge in [0.15, 0.2) is 0 Å². The van der Waals surface area contributed by atoms with Crippen LogP contribution in [-0.2, 0) is 4.79 Å². The molecule has 18 heavy (non-hydrogen) atoms. The molecule has 1 heterocycles. The summed E-state index contributed by atoms with van der Waals surface area (Å²) in [5, 5.41) is 6.59. The lowest BCUT2D eigenvalue weighted by Crippen LogP contribution is -2.51. The van der Waals surface area contributed by atoms with Crippen LogP contribution < -0.4 is 10.6 Å². The van der Waals surface area contributed by atoms with Crippen molar-refractivity contribution in [2.45, 2.75) is 57.7 Å². The van der Waals surface area contributed by atoms with Crippen LogP contribution in [0.1, 0.15) is 39.5 Å². The number of hydrogen-bond donors (Lipinski definition) is 2. The maximum Gasteiger partial charge on any atom is 0.221 e. The van der Waals surface area contributed by atoms with Crippen LogP contribution in [-0.4, -0.2) is 49.1 Å². The second-order valence-corrected chi connectivity index (χ2v) is 6.15. The predicted molar refractivity (Wildman–Crippen MR) is 73.4 cm³/mol. The van der Waals surface area contributed by atoms with Crippen molar-refractivity contribution < 1.29 is 4.79 Å². The quantitative estimate of drug-likeness (QED) is 0.767. The molecule has 3 atom stereocenters. The SMILES string of the molecule is CC1CN(C)C(C)CC1NCCC(=O)NC1CC1. The van der Waals surface area contributed by atoms with E-state index in [1.54, 1.807) is 0 Å². The molecule has 3 unspecified atom stereocenters. The fourth-order valence-corrected chi connectivity index (χ4v) is 2.72. The Labute approximate surface area is 110 Å². The van der Waals surface area contributed by atoms with Crippen LogP contribution in [0.25, 0.3) is 0 Å². The molecule has 1 saturated carbocycles. The van der Waals surface area contributed by atoms with Gasteiger partial charge >= 0.3 is 0 Å². The monoisotopic (exact) mass is 253 g/mol. The summed E-state index contributed by atoms with van der Waals surface area (Å²) < 4.78 is 0. The Kier molecular flexibility index (Phi) is 4.62. The first kappa shape index (κ1) is 13.8. The van der Waals surface area contributed by atoms with Crippen molar-refractivity contribution in [2.24, 2.45) is 5.92 Å². The van der Waals surface area contributed by atoms with E-state index in [4.69, 9.17) is 0 Å². The Morgan fingerprint density at radius 1 is 1.33 bits per heavy atom. The first-order valence-corrected chi connectivity index (χ1v) is 7.29. The highest BCUT2D eigenvalue weighted by Crippen LogP contribution is 2.21.